The topological polar surface area (TPSA) is 29.1 Å². The van der Waals surface area contributed by atoms with E-state index in [4.69, 9.17) is 0 Å². The number of hydrogen-bond donors (Lipinski definition) is 1. The van der Waals surface area contributed by atoms with Crippen LogP contribution in [0.4, 0.5) is 0 Å². The Bertz CT molecular complexity index is 531. The van der Waals surface area contributed by atoms with Crippen LogP contribution < -0.4 is 5.32 Å². The predicted molar refractivity (Wildman–Crippen MR) is 76.8 cm³/mol. The van der Waals surface area contributed by atoms with Crippen molar-refractivity contribution in [3.63, 3.8) is 0 Å². The van der Waals surface area contributed by atoms with Crippen LogP contribution in [0.15, 0.2) is 53.0 Å². The monoisotopic (exact) mass is 303 g/mol. The first-order chi connectivity index (χ1) is 8.70. The van der Waals surface area contributed by atoms with Gasteiger partial charge in [-0.25, -0.2) is 0 Å². The number of carbonyl (C=O) groups is 1. The fourth-order valence-corrected chi connectivity index (χ4v) is 2.01. The molecule has 1 N–H and O–H groups in total. The van der Waals surface area contributed by atoms with Crippen molar-refractivity contribution in [2.45, 2.75) is 6.54 Å². The van der Waals surface area contributed by atoms with Gasteiger partial charge >= 0.3 is 0 Å². The van der Waals surface area contributed by atoms with E-state index in [0.29, 0.717) is 5.56 Å². The number of halogens is 1. The molecule has 2 rings (SSSR count). The van der Waals surface area contributed by atoms with E-state index in [1.54, 1.807) is 0 Å². The minimum Gasteiger partial charge on any atom is -0.316 e. The van der Waals surface area contributed by atoms with Gasteiger partial charge in [0.25, 0.3) is 0 Å². The molecule has 0 radical (unpaired) electrons. The van der Waals surface area contributed by atoms with Crippen molar-refractivity contribution in [2.75, 3.05) is 7.05 Å². The first-order valence-corrected chi connectivity index (χ1v) is 6.54. The van der Waals surface area contributed by atoms with Gasteiger partial charge in [0.15, 0.2) is 5.78 Å². The van der Waals surface area contributed by atoms with E-state index in [1.165, 1.54) is 5.56 Å². The molecular weight excluding hydrogens is 290 g/mol. The van der Waals surface area contributed by atoms with E-state index in [1.807, 2.05) is 55.6 Å². The molecule has 0 unspecified atom stereocenters. The average molecular weight is 304 g/mol. The lowest BCUT2D eigenvalue weighted by Crippen LogP contribution is -2.06. The molecule has 0 spiro atoms. The molecule has 0 aromatic heterocycles. The summed E-state index contributed by atoms with van der Waals surface area (Å²) in [5.41, 5.74) is 2.60. The minimum atomic E-state index is 0.0542. The van der Waals surface area contributed by atoms with Crippen LogP contribution in [0.3, 0.4) is 0 Å². The normalized spacial score (nSPS) is 10.3. The molecule has 0 atom stereocenters. The Morgan fingerprint density at radius 2 is 1.50 bits per heavy atom. The molecule has 2 aromatic rings. The molecule has 18 heavy (non-hydrogen) atoms. The summed E-state index contributed by atoms with van der Waals surface area (Å²) in [6, 6.07) is 15.1. The smallest absolute Gasteiger partial charge is 0.193 e. The molecule has 92 valence electrons. The second-order valence-corrected chi connectivity index (χ2v) is 4.98. The molecule has 0 fully saturated rings. The van der Waals surface area contributed by atoms with Gasteiger partial charge < -0.3 is 5.32 Å². The van der Waals surface area contributed by atoms with E-state index in [0.717, 1.165) is 16.6 Å². The van der Waals surface area contributed by atoms with E-state index >= 15 is 0 Å². The molecule has 2 nitrogen and oxygen atoms in total. The van der Waals surface area contributed by atoms with Gasteiger partial charge in [-0.15, -0.1) is 0 Å². The van der Waals surface area contributed by atoms with E-state index in [-0.39, 0.29) is 5.78 Å². The van der Waals surface area contributed by atoms with Crippen LogP contribution >= 0.6 is 15.9 Å². The van der Waals surface area contributed by atoms with Gasteiger partial charge in [-0.2, -0.15) is 0 Å². The lowest BCUT2D eigenvalue weighted by atomic mass is 10.0. The zero-order valence-corrected chi connectivity index (χ0v) is 11.7. The van der Waals surface area contributed by atoms with Crippen molar-refractivity contribution in [1.82, 2.24) is 5.32 Å². The third-order valence-corrected chi connectivity index (χ3v) is 3.23. The first kappa shape index (κ1) is 13.0. The van der Waals surface area contributed by atoms with Gasteiger partial charge in [-0.05, 0) is 36.9 Å². The highest BCUT2D eigenvalue weighted by atomic mass is 79.9. The maximum absolute atomic E-state index is 12.2. The second kappa shape index (κ2) is 5.94. The highest BCUT2D eigenvalue weighted by Crippen LogP contribution is 2.15. The highest BCUT2D eigenvalue weighted by molar-refractivity contribution is 9.10. The maximum atomic E-state index is 12.2. The van der Waals surface area contributed by atoms with Crippen molar-refractivity contribution in [3.05, 3.63) is 69.7 Å². The number of nitrogens with one attached hydrogen (secondary N) is 1. The molecule has 0 bridgehead atoms. The van der Waals surface area contributed by atoms with Gasteiger partial charge in [0, 0.05) is 22.1 Å². The molecular formula is C15H14BrNO. The van der Waals surface area contributed by atoms with Crippen LogP contribution in [0, 0.1) is 0 Å². The number of benzene rings is 2. The Labute approximate surface area is 115 Å². The molecule has 0 amide bonds. The summed E-state index contributed by atoms with van der Waals surface area (Å²) >= 11 is 3.36. The minimum absolute atomic E-state index is 0.0542. The fraction of sp³-hybridized carbons (Fsp3) is 0.133. The first-order valence-electron chi connectivity index (χ1n) is 5.74. The average Bonchev–Trinajstić information content (AvgIpc) is 2.40. The lowest BCUT2D eigenvalue weighted by Gasteiger charge is -2.04. The predicted octanol–water partition coefficient (Wildman–Crippen LogP) is 3.40. The van der Waals surface area contributed by atoms with E-state index < -0.39 is 0 Å². The maximum Gasteiger partial charge on any atom is 0.193 e. The SMILES string of the molecule is CNCc1ccc(C(=O)c2ccc(Br)cc2)cc1. The van der Waals surface area contributed by atoms with Gasteiger partial charge in [-0.1, -0.05) is 40.2 Å². The van der Waals surface area contributed by atoms with Crippen LogP contribution in [0.2, 0.25) is 0 Å². The molecule has 0 heterocycles. The van der Waals surface area contributed by atoms with Crippen molar-refractivity contribution in [3.8, 4) is 0 Å². The van der Waals surface area contributed by atoms with Gasteiger partial charge in [0.05, 0.1) is 0 Å². The zero-order valence-electron chi connectivity index (χ0n) is 10.1. The Morgan fingerprint density at radius 1 is 1.00 bits per heavy atom. The van der Waals surface area contributed by atoms with E-state index in [9.17, 15) is 4.79 Å². The van der Waals surface area contributed by atoms with E-state index in [2.05, 4.69) is 21.2 Å². The molecule has 2 aromatic carbocycles. The summed E-state index contributed by atoms with van der Waals surface area (Å²) in [6.07, 6.45) is 0. The Kier molecular flexibility index (Phi) is 4.28. The largest absolute Gasteiger partial charge is 0.316 e. The van der Waals surface area contributed by atoms with Gasteiger partial charge in [0.2, 0.25) is 0 Å². The van der Waals surface area contributed by atoms with Crippen molar-refractivity contribution in [2.24, 2.45) is 0 Å². The summed E-state index contributed by atoms with van der Waals surface area (Å²) in [5.74, 6) is 0.0542. The fourth-order valence-electron chi connectivity index (χ4n) is 1.75. The molecule has 3 heteroatoms. The number of rotatable bonds is 4. The van der Waals surface area contributed by atoms with Crippen molar-refractivity contribution in [1.29, 1.82) is 0 Å². The molecule has 0 aliphatic carbocycles. The second-order valence-electron chi connectivity index (χ2n) is 4.06. The van der Waals surface area contributed by atoms with Crippen LogP contribution in [0.25, 0.3) is 0 Å². The molecule has 0 aliphatic heterocycles. The summed E-state index contributed by atoms with van der Waals surface area (Å²) in [7, 11) is 1.90. The van der Waals surface area contributed by atoms with Crippen LogP contribution in [0.5, 0.6) is 0 Å². The Balaban J connectivity index is 2.20. The summed E-state index contributed by atoms with van der Waals surface area (Å²) in [6.45, 7) is 0.812. The molecule has 0 saturated heterocycles. The standard InChI is InChI=1S/C15H14BrNO/c1-17-10-11-2-4-12(5-3-11)15(18)13-6-8-14(16)9-7-13/h2-9,17H,10H2,1H3. The lowest BCUT2D eigenvalue weighted by molar-refractivity contribution is 0.103. The Morgan fingerprint density at radius 3 is 2.00 bits per heavy atom. The zero-order chi connectivity index (χ0) is 13.0. The summed E-state index contributed by atoms with van der Waals surface area (Å²) < 4.78 is 0.975. The quantitative estimate of drug-likeness (QED) is 0.877. The van der Waals surface area contributed by atoms with Crippen molar-refractivity contribution >= 4 is 21.7 Å². The summed E-state index contributed by atoms with van der Waals surface area (Å²) in [5, 5.41) is 3.08. The van der Waals surface area contributed by atoms with Crippen LogP contribution in [-0.2, 0) is 6.54 Å². The molecule has 0 saturated carbocycles. The molecule has 0 aliphatic rings. The Hall–Kier alpha value is -1.45. The number of hydrogen-bond acceptors (Lipinski definition) is 2. The summed E-state index contributed by atoms with van der Waals surface area (Å²) in [4.78, 5) is 12.2. The number of ketones is 1. The third kappa shape index (κ3) is 3.06. The van der Waals surface area contributed by atoms with Gasteiger partial charge in [0.1, 0.15) is 0 Å². The van der Waals surface area contributed by atoms with Gasteiger partial charge in [-0.3, -0.25) is 4.79 Å². The van der Waals surface area contributed by atoms with Crippen LogP contribution in [-0.4, -0.2) is 12.8 Å². The third-order valence-electron chi connectivity index (χ3n) is 2.70. The highest BCUT2D eigenvalue weighted by Gasteiger charge is 2.08. The number of carbonyl (C=O) groups excluding carboxylic acids is 1. The van der Waals surface area contributed by atoms with Crippen LogP contribution in [0.1, 0.15) is 21.5 Å². The van der Waals surface area contributed by atoms with Crippen molar-refractivity contribution < 1.29 is 4.79 Å².